The predicted molar refractivity (Wildman–Crippen MR) is 130 cm³/mol. The van der Waals surface area contributed by atoms with E-state index in [0.29, 0.717) is 5.75 Å². The molecule has 0 bridgehead atoms. The summed E-state index contributed by atoms with van der Waals surface area (Å²) in [4.78, 5) is 12.6. The van der Waals surface area contributed by atoms with Crippen molar-refractivity contribution >= 4 is 33.2 Å². The van der Waals surface area contributed by atoms with Crippen LogP contribution >= 0.6 is 11.6 Å². The van der Waals surface area contributed by atoms with Crippen LogP contribution < -0.4 is 14.8 Å². The number of para-hydroxylation sites is 3. The Morgan fingerprint density at radius 2 is 1.82 bits per heavy atom. The van der Waals surface area contributed by atoms with E-state index in [1.165, 1.54) is 25.3 Å². The fraction of sp³-hybridized carbons (Fsp3) is 0.0833. The summed E-state index contributed by atoms with van der Waals surface area (Å²) in [6.07, 6.45) is 3.48. The number of carbonyl (C=O) groups excluding carboxylic acids is 1. The molecule has 1 aromatic heterocycles. The first kappa shape index (κ1) is 23.3. The van der Waals surface area contributed by atoms with E-state index in [-0.39, 0.29) is 27.7 Å². The van der Waals surface area contributed by atoms with E-state index in [1.807, 2.05) is 36.5 Å². The van der Waals surface area contributed by atoms with Crippen molar-refractivity contribution in [1.29, 1.82) is 0 Å². The third-order valence-electron chi connectivity index (χ3n) is 5.02. The van der Waals surface area contributed by atoms with Gasteiger partial charge in [-0.3, -0.25) is 9.52 Å². The van der Waals surface area contributed by atoms with Crippen LogP contribution in [0.25, 0.3) is 5.69 Å². The molecule has 8 nitrogen and oxygen atoms in total. The molecule has 4 aromatic rings. The lowest BCUT2D eigenvalue weighted by atomic mass is 10.1. The van der Waals surface area contributed by atoms with Gasteiger partial charge in [-0.2, -0.15) is 5.10 Å². The Kier molecular flexibility index (Phi) is 6.85. The largest absolute Gasteiger partial charge is 0.495 e. The molecule has 2 N–H and O–H groups in total. The number of aromatic nitrogens is 2. The number of anilines is 1. The number of nitrogens with zero attached hydrogens (tertiary/aromatic N) is 2. The molecule has 0 aliphatic carbocycles. The average Bonchev–Trinajstić information content (AvgIpc) is 3.38. The Morgan fingerprint density at radius 3 is 2.59 bits per heavy atom. The molecule has 0 radical (unpaired) electrons. The van der Waals surface area contributed by atoms with Crippen LogP contribution in [0, 0.1) is 0 Å². The van der Waals surface area contributed by atoms with Crippen molar-refractivity contribution in [1.82, 2.24) is 15.1 Å². The Bertz CT molecular complexity index is 1420. The zero-order valence-electron chi connectivity index (χ0n) is 18.1. The number of carbonyl (C=O) groups is 1. The fourth-order valence-electron chi connectivity index (χ4n) is 3.35. The number of sulfonamides is 1. The number of benzene rings is 3. The number of ether oxygens (including phenoxy) is 1. The van der Waals surface area contributed by atoms with Crippen LogP contribution in [0.15, 0.2) is 90.1 Å². The first-order valence-electron chi connectivity index (χ1n) is 10.2. The van der Waals surface area contributed by atoms with Crippen LogP contribution in [0.3, 0.4) is 0 Å². The maximum Gasteiger partial charge on any atom is 0.263 e. The van der Waals surface area contributed by atoms with E-state index < -0.39 is 15.9 Å². The highest BCUT2D eigenvalue weighted by Gasteiger charge is 2.22. The van der Waals surface area contributed by atoms with Gasteiger partial charge < -0.3 is 10.1 Å². The number of rotatable bonds is 8. The molecular formula is C24H21ClN4O4S. The first-order chi connectivity index (χ1) is 16.4. The molecular weight excluding hydrogens is 476 g/mol. The number of nitrogens with one attached hydrogen (secondary N) is 2. The molecule has 174 valence electrons. The minimum Gasteiger partial charge on any atom is -0.495 e. The Morgan fingerprint density at radius 1 is 1.06 bits per heavy atom. The van der Waals surface area contributed by atoms with Gasteiger partial charge in [-0.1, -0.05) is 41.9 Å². The summed E-state index contributed by atoms with van der Waals surface area (Å²) in [7, 11) is -2.65. The van der Waals surface area contributed by atoms with E-state index in [4.69, 9.17) is 16.3 Å². The van der Waals surface area contributed by atoms with Gasteiger partial charge in [0.2, 0.25) is 0 Å². The van der Waals surface area contributed by atoms with Crippen molar-refractivity contribution in [2.24, 2.45) is 0 Å². The van der Waals surface area contributed by atoms with E-state index in [2.05, 4.69) is 15.1 Å². The lowest BCUT2D eigenvalue weighted by Gasteiger charge is -2.14. The smallest absolute Gasteiger partial charge is 0.263 e. The maximum atomic E-state index is 13.0. The third kappa shape index (κ3) is 5.05. The highest BCUT2D eigenvalue weighted by molar-refractivity contribution is 7.92. The summed E-state index contributed by atoms with van der Waals surface area (Å²) >= 11 is 6.18. The number of methoxy groups -OCH3 is 1. The number of hydrogen-bond acceptors (Lipinski definition) is 5. The van der Waals surface area contributed by atoms with E-state index in [0.717, 1.165) is 11.3 Å². The zero-order chi connectivity index (χ0) is 24.1. The van der Waals surface area contributed by atoms with Crippen LogP contribution in [0.5, 0.6) is 5.75 Å². The molecule has 0 aliphatic rings. The normalized spacial score (nSPS) is 11.1. The standard InChI is InChI=1S/C24H21ClN4O4S/c1-33-22-10-5-3-8-20(22)28-34(31,32)23-15-17(11-12-19(23)25)24(30)26-16-18-7-2-4-9-21(18)29-14-6-13-27-29/h2-15,28H,16H2,1H3,(H,26,30). The molecule has 1 amide bonds. The van der Waals surface area contributed by atoms with Crippen molar-refractivity contribution in [2.45, 2.75) is 11.4 Å². The second-order valence-corrected chi connectivity index (χ2v) is 9.27. The molecule has 0 spiro atoms. The molecule has 0 saturated carbocycles. The summed E-state index contributed by atoms with van der Waals surface area (Å²) in [5.74, 6) is -0.0902. The molecule has 3 aromatic carbocycles. The van der Waals surface area contributed by atoms with Crippen LogP contribution in [0.2, 0.25) is 5.02 Å². The van der Waals surface area contributed by atoms with Crippen molar-refractivity contribution in [3.63, 3.8) is 0 Å². The van der Waals surface area contributed by atoms with E-state index in [1.54, 1.807) is 35.1 Å². The van der Waals surface area contributed by atoms with Gasteiger partial charge in [0.25, 0.3) is 15.9 Å². The lowest BCUT2D eigenvalue weighted by Crippen LogP contribution is -2.24. The van der Waals surface area contributed by atoms with E-state index >= 15 is 0 Å². The minimum atomic E-state index is -4.09. The van der Waals surface area contributed by atoms with Crippen molar-refractivity contribution < 1.29 is 17.9 Å². The summed E-state index contributed by atoms with van der Waals surface area (Å²) < 4.78 is 35.4. The Balaban J connectivity index is 1.55. The molecule has 34 heavy (non-hydrogen) atoms. The second kappa shape index (κ2) is 9.98. The van der Waals surface area contributed by atoms with Crippen LogP contribution in [-0.4, -0.2) is 31.2 Å². The van der Waals surface area contributed by atoms with E-state index in [9.17, 15) is 13.2 Å². The Labute approximate surface area is 202 Å². The predicted octanol–water partition coefficient (Wildman–Crippen LogP) is 4.27. The first-order valence-corrected chi connectivity index (χ1v) is 12.1. The highest BCUT2D eigenvalue weighted by atomic mass is 35.5. The summed E-state index contributed by atoms with van der Waals surface area (Å²) in [5, 5.41) is 7.05. The van der Waals surface area contributed by atoms with Crippen molar-refractivity contribution in [3.05, 3.63) is 101 Å². The summed E-state index contributed by atoms with van der Waals surface area (Å²) in [6.45, 7) is 0.221. The third-order valence-corrected chi connectivity index (χ3v) is 6.86. The van der Waals surface area contributed by atoms with Crippen molar-refractivity contribution in [2.75, 3.05) is 11.8 Å². The fourth-order valence-corrected chi connectivity index (χ4v) is 4.95. The van der Waals surface area contributed by atoms with Gasteiger partial charge in [0.15, 0.2) is 0 Å². The average molecular weight is 497 g/mol. The van der Waals surface area contributed by atoms with Crippen LogP contribution in [0.4, 0.5) is 5.69 Å². The van der Waals surface area contributed by atoms with Gasteiger partial charge in [0, 0.05) is 24.5 Å². The number of hydrogen-bond donors (Lipinski definition) is 2. The van der Waals surface area contributed by atoms with Gasteiger partial charge in [0.05, 0.1) is 23.5 Å². The molecule has 0 aliphatic heterocycles. The number of halogens is 1. The second-order valence-electron chi connectivity index (χ2n) is 7.21. The van der Waals surface area contributed by atoms with Crippen LogP contribution in [-0.2, 0) is 16.6 Å². The summed E-state index contributed by atoms with van der Waals surface area (Å²) in [6, 6.07) is 20.0. The molecule has 4 rings (SSSR count). The summed E-state index contributed by atoms with van der Waals surface area (Å²) in [5.41, 5.74) is 2.08. The lowest BCUT2D eigenvalue weighted by molar-refractivity contribution is 0.0950. The SMILES string of the molecule is COc1ccccc1NS(=O)(=O)c1cc(C(=O)NCc2ccccc2-n2cccn2)ccc1Cl. The van der Waals surface area contributed by atoms with Gasteiger partial charge in [0.1, 0.15) is 10.6 Å². The van der Waals surface area contributed by atoms with Gasteiger partial charge >= 0.3 is 0 Å². The topological polar surface area (TPSA) is 102 Å². The monoisotopic (exact) mass is 496 g/mol. The molecule has 1 heterocycles. The molecule has 10 heteroatoms. The molecule has 0 unspecified atom stereocenters. The van der Waals surface area contributed by atoms with Crippen molar-refractivity contribution in [3.8, 4) is 11.4 Å². The minimum absolute atomic E-state index is 0.0111. The quantitative estimate of drug-likeness (QED) is 0.379. The van der Waals surface area contributed by atoms with Gasteiger partial charge in [-0.25, -0.2) is 13.1 Å². The molecule has 0 atom stereocenters. The van der Waals surface area contributed by atoms with Crippen LogP contribution in [0.1, 0.15) is 15.9 Å². The Hall–Kier alpha value is -3.82. The van der Waals surface area contributed by atoms with Gasteiger partial charge in [-0.15, -0.1) is 0 Å². The zero-order valence-corrected chi connectivity index (χ0v) is 19.7. The highest BCUT2D eigenvalue weighted by Crippen LogP contribution is 2.29. The maximum absolute atomic E-state index is 13.0. The molecule has 0 fully saturated rings. The van der Waals surface area contributed by atoms with Gasteiger partial charge in [-0.05, 0) is 48.0 Å². The number of amides is 1. The molecule has 0 saturated heterocycles.